The molecule has 0 spiro atoms. The molecule has 0 amide bonds. The molecule has 0 aromatic heterocycles. The predicted molar refractivity (Wildman–Crippen MR) is 77.5 cm³/mol. The maximum atomic E-state index is 5.93. The van der Waals surface area contributed by atoms with Crippen LogP contribution in [0.1, 0.15) is 39.0 Å². The number of ether oxygens (including phenoxy) is 2. The Hall–Kier alpha value is -0.160. The molecular formula is C15H30N2O2. The van der Waals surface area contributed by atoms with Crippen LogP contribution in [0.25, 0.3) is 0 Å². The van der Waals surface area contributed by atoms with Crippen LogP contribution in [0, 0.1) is 0 Å². The fourth-order valence-corrected chi connectivity index (χ4v) is 2.79. The Labute approximate surface area is 117 Å². The second-order valence-corrected chi connectivity index (χ2v) is 5.92. The standard InChI is InChI=1S/C15H30N2O2/c1-3-9-19-15-5-4-8-17(11-15)14(12-18-2)10-16-13-6-7-13/h13-16H,3-12H2,1-2H3. The summed E-state index contributed by atoms with van der Waals surface area (Å²) in [4.78, 5) is 2.56. The zero-order valence-corrected chi connectivity index (χ0v) is 12.6. The maximum absolute atomic E-state index is 5.93. The lowest BCUT2D eigenvalue weighted by atomic mass is 10.1. The highest BCUT2D eigenvalue weighted by molar-refractivity contribution is 4.86. The van der Waals surface area contributed by atoms with Gasteiger partial charge in [0.15, 0.2) is 0 Å². The molecule has 2 aliphatic rings. The first-order valence-electron chi connectivity index (χ1n) is 7.91. The summed E-state index contributed by atoms with van der Waals surface area (Å²) in [5.41, 5.74) is 0. The number of rotatable bonds is 9. The fourth-order valence-electron chi connectivity index (χ4n) is 2.79. The van der Waals surface area contributed by atoms with Crippen molar-refractivity contribution in [2.75, 3.05) is 40.0 Å². The normalized spacial score (nSPS) is 26.5. The van der Waals surface area contributed by atoms with Crippen LogP contribution < -0.4 is 5.32 Å². The second kappa shape index (κ2) is 8.20. The summed E-state index contributed by atoms with van der Waals surface area (Å²) in [6.45, 7) is 7.20. The molecule has 2 fully saturated rings. The number of nitrogens with zero attached hydrogens (tertiary/aromatic N) is 1. The third-order valence-electron chi connectivity index (χ3n) is 4.06. The zero-order valence-electron chi connectivity index (χ0n) is 12.6. The zero-order chi connectivity index (χ0) is 13.5. The van der Waals surface area contributed by atoms with Gasteiger partial charge in [0.2, 0.25) is 0 Å². The summed E-state index contributed by atoms with van der Waals surface area (Å²) in [5, 5.41) is 3.63. The van der Waals surface area contributed by atoms with Crippen LogP contribution >= 0.6 is 0 Å². The summed E-state index contributed by atoms with van der Waals surface area (Å²) >= 11 is 0. The summed E-state index contributed by atoms with van der Waals surface area (Å²) < 4.78 is 11.3. The first-order chi connectivity index (χ1) is 9.33. The van der Waals surface area contributed by atoms with Gasteiger partial charge in [-0.1, -0.05) is 6.92 Å². The van der Waals surface area contributed by atoms with Crippen LogP contribution in [-0.2, 0) is 9.47 Å². The first kappa shape index (κ1) is 15.2. The first-order valence-corrected chi connectivity index (χ1v) is 7.91. The monoisotopic (exact) mass is 270 g/mol. The third-order valence-corrected chi connectivity index (χ3v) is 4.06. The van der Waals surface area contributed by atoms with Crippen molar-refractivity contribution < 1.29 is 9.47 Å². The Morgan fingerprint density at radius 1 is 1.32 bits per heavy atom. The van der Waals surface area contributed by atoms with E-state index < -0.39 is 0 Å². The van der Waals surface area contributed by atoms with Crippen molar-refractivity contribution in [3.63, 3.8) is 0 Å². The molecule has 1 aliphatic carbocycles. The van der Waals surface area contributed by atoms with Gasteiger partial charge >= 0.3 is 0 Å². The van der Waals surface area contributed by atoms with E-state index in [0.717, 1.165) is 38.8 Å². The van der Waals surface area contributed by atoms with Crippen molar-refractivity contribution in [1.29, 1.82) is 0 Å². The molecule has 4 heteroatoms. The van der Waals surface area contributed by atoms with Crippen molar-refractivity contribution in [3.05, 3.63) is 0 Å². The minimum atomic E-state index is 0.425. The average Bonchev–Trinajstić information content (AvgIpc) is 3.25. The van der Waals surface area contributed by atoms with Gasteiger partial charge in [-0.2, -0.15) is 0 Å². The van der Waals surface area contributed by atoms with E-state index in [-0.39, 0.29) is 0 Å². The average molecular weight is 270 g/mol. The molecule has 1 N–H and O–H groups in total. The number of piperidine rings is 1. The van der Waals surface area contributed by atoms with Gasteiger partial charge in [-0.25, -0.2) is 0 Å². The number of methoxy groups -OCH3 is 1. The van der Waals surface area contributed by atoms with E-state index in [1.807, 2.05) is 0 Å². The number of likely N-dealkylation sites (tertiary alicyclic amines) is 1. The molecule has 1 aliphatic heterocycles. The van der Waals surface area contributed by atoms with Gasteiger partial charge in [0.05, 0.1) is 12.7 Å². The van der Waals surface area contributed by atoms with Crippen LogP contribution in [0.15, 0.2) is 0 Å². The predicted octanol–water partition coefficient (Wildman–Crippen LogP) is 1.64. The van der Waals surface area contributed by atoms with E-state index in [9.17, 15) is 0 Å². The van der Waals surface area contributed by atoms with Crippen molar-refractivity contribution >= 4 is 0 Å². The molecule has 0 aromatic rings. The molecule has 112 valence electrons. The molecule has 2 atom stereocenters. The Bertz CT molecular complexity index is 246. The Morgan fingerprint density at radius 3 is 2.84 bits per heavy atom. The molecular weight excluding hydrogens is 240 g/mol. The highest BCUT2D eigenvalue weighted by Crippen LogP contribution is 2.20. The minimum absolute atomic E-state index is 0.425. The molecule has 4 nitrogen and oxygen atoms in total. The smallest absolute Gasteiger partial charge is 0.0702 e. The van der Waals surface area contributed by atoms with Gasteiger partial charge in [0.1, 0.15) is 0 Å². The van der Waals surface area contributed by atoms with Gasteiger partial charge in [-0.15, -0.1) is 0 Å². The van der Waals surface area contributed by atoms with Crippen molar-refractivity contribution in [2.45, 2.75) is 57.2 Å². The quantitative estimate of drug-likeness (QED) is 0.691. The largest absolute Gasteiger partial charge is 0.383 e. The van der Waals surface area contributed by atoms with E-state index in [4.69, 9.17) is 9.47 Å². The molecule has 1 saturated carbocycles. The van der Waals surface area contributed by atoms with E-state index in [2.05, 4.69) is 17.1 Å². The molecule has 1 saturated heterocycles. The molecule has 0 aromatic carbocycles. The van der Waals surface area contributed by atoms with Crippen molar-refractivity contribution in [2.24, 2.45) is 0 Å². The maximum Gasteiger partial charge on any atom is 0.0702 e. The fraction of sp³-hybridized carbons (Fsp3) is 1.00. The molecule has 0 bridgehead atoms. The number of hydrogen-bond acceptors (Lipinski definition) is 4. The SMILES string of the molecule is CCCOC1CCCN(C(CNC2CC2)COC)C1. The Morgan fingerprint density at radius 2 is 2.16 bits per heavy atom. The molecule has 0 radical (unpaired) electrons. The molecule has 2 rings (SSSR count). The van der Waals surface area contributed by atoms with Crippen LogP contribution in [0.3, 0.4) is 0 Å². The molecule has 2 unspecified atom stereocenters. The van der Waals surface area contributed by atoms with Crippen LogP contribution in [0.4, 0.5) is 0 Å². The van der Waals surface area contributed by atoms with Crippen LogP contribution in [0.2, 0.25) is 0 Å². The topological polar surface area (TPSA) is 33.7 Å². The van der Waals surface area contributed by atoms with Gasteiger partial charge in [-0.3, -0.25) is 4.90 Å². The van der Waals surface area contributed by atoms with Gasteiger partial charge in [0.25, 0.3) is 0 Å². The van der Waals surface area contributed by atoms with E-state index in [0.29, 0.717) is 12.1 Å². The lowest BCUT2D eigenvalue weighted by Gasteiger charge is -2.38. The van der Waals surface area contributed by atoms with Gasteiger partial charge < -0.3 is 14.8 Å². The van der Waals surface area contributed by atoms with Gasteiger partial charge in [-0.05, 0) is 38.6 Å². The van der Waals surface area contributed by atoms with E-state index in [1.165, 1.54) is 32.2 Å². The number of hydrogen-bond donors (Lipinski definition) is 1. The van der Waals surface area contributed by atoms with Crippen molar-refractivity contribution in [1.82, 2.24) is 10.2 Å². The van der Waals surface area contributed by atoms with E-state index in [1.54, 1.807) is 7.11 Å². The highest BCUT2D eigenvalue weighted by Gasteiger charge is 2.28. The van der Waals surface area contributed by atoms with Crippen molar-refractivity contribution in [3.8, 4) is 0 Å². The third kappa shape index (κ3) is 5.38. The summed E-state index contributed by atoms with van der Waals surface area (Å²) in [6, 6.07) is 1.27. The summed E-state index contributed by atoms with van der Waals surface area (Å²) in [6.07, 6.45) is 6.70. The number of nitrogens with one attached hydrogen (secondary N) is 1. The van der Waals surface area contributed by atoms with Gasteiger partial charge in [0, 0.05) is 38.9 Å². The minimum Gasteiger partial charge on any atom is -0.383 e. The van der Waals surface area contributed by atoms with Crippen LogP contribution in [-0.4, -0.2) is 63.0 Å². The summed E-state index contributed by atoms with van der Waals surface area (Å²) in [5.74, 6) is 0. The Balaban J connectivity index is 1.76. The van der Waals surface area contributed by atoms with E-state index >= 15 is 0 Å². The highest BCUT2D eigenvalue weighted by atomic mass is 16.5. The second-order valence-electron chi connectivity index (χ2n) is 5.92. The molecule has 19 heavy (non-hydrogen) atoms. The van der Waals surface area contributed by atoms with Crippen LogP contribution in [0.5, 0.6) is 0 Å². The lowest BCUT2D eigenvalue weighted by molar-refractivity contribution is -0.0233. The lowest BCUT2D eigenvalue weighted by Crippen LogP contribution is -2.51. The Kier molecular flexibility index (Phi) is 6.57. The molecule has 1 heterocycles. The summed E-state index contributed by atoms with van der Waals surface area (Å²) in [7, 11) is 1.80.